The fourth-order valence-electron chi connectivity index (χ4n) is 0.482. The van der Waals surface area contributed by atoms with Gasteiger partial charge in [-0.2, -0.15) is 35.1 Å². The summed E-state index contributed by atoms with van der Waals surface area (Å²) in [5, 5.41) is -6.12. The van der Waals surface area contributed by atoms with Crippen LogP contribution in [0.1, 0.15) is 0 Å². The zero-order valence-electron chi connectivity index (χ0n) is 5.78. The summed E-state index contributed by atoms with van der Waals surface area (Å²) in [4.78, 5) is 0. The van der Waals surface area contributed by atoms with Gasteiger partial charge in [-0.3, -0.25) is 0 Å². The zero-order chi connectivity index (χ0) is 12.0. The maximum absolute atomic E-state index is 12.2. The van der Waals surface area contributed by atoms with Crippen molar-refractivity contribution < 1.29 is 39.5 Å². The number of hydrogen-bond donors (Lipinski definition) is 0. The Morgan fingerprint density at radius 3 is 0.786 bits per heavy atom. The van der Waals surface area contributed by atoms with Crippen molar-refractivity contribution in [3.05, 3.63) is 0 Å². The molecular formula is C4ClF9. The molecule has 0 nitrogen and oxygen atoms in total. The summed E-state index contributed by atoms with van der Waals surface area (Å²) in [6.07, 6.45) is -13.7. The Balaban J connectivity index is 5.54. The lowest BCUT2D eigenvalue weighted by Crippen LogP contribution is -2.62. The van der Waals surface area contributed by atoms with Gasteiger partial charge in [0.25, 0.3) is 0 Å². The van der Waals surface area contributed by atoms with E-state index in [1.807, 2.05) is 0 Å². The van der Waals surface area contributed by atoms with Crippen LogP contribution in [0.2, 0.25) is 0 Å². The van der Waals surface area contributed by atoms with Crippen molar-refractivity contribution in [1.82, 2.24) is 0 Å². The minimum Gasteiger partial charge on any atom is -0.215 e. The van der Waals surface area contributed by atoms with Crippen molar-refractivity contribution in [2.24, 2.45) is 0 Å². The molecule has 0 aromatic rings. The van der Waals surface area contributed by atoms with Crippen LogP contribution >= 0.6 is 11.6 Å². The summed E-state index contributed by atoms with van der Waals surface area (Å²) < 4.78 is 104. The quantitative estimate of drug-likeness (QED) is 0.495. The molecule has 0 N–H and O–H groups in total. The Morgan fingerprint density at radius 2 is 0.786 bits per heavy atom. The predicted molar refractivity (Wildman–Crippen MR) is 26.7 cm³/mol. The van der Waals surface area contributed by atoms with Crippen LogP contribution in [-0.4, -0.2) is 23.4 Å². The molecule has 0 heterocycles. The Bertz CT molecular complexity index is 170. The molecule has 86 valence electrons. The van der Waals surface area contributed by atoms with E-state index in [-0.39, 0.29) is 0 Å². The molecule has 0 spiro atoms. The zero-order valence-corrected chi connectivity index (χ0v) is 6.54. The van der Waals surface area contributed by atoms with E-state index in [1.54, 1.807) is 0 Å². The van der Waals surface area contributed by atoms with Crippen LogP contribution in [0.3, 0.4) is 0 Å². The van der Waals surface area contributed by atoms with Crippen molar-refractivity contribution in [2.45, 2.75) is 23.4 Å². The van der Waals surface area contributed by atoms with Crippen LogP contribution in [-0.2, 0) is 0 Å². The van der Waals surface area contributed by atoms with Gasteiger partial charge in [-0.15, -0.1) is 0 Å². The predicted octanol–water partition coefficient (Wildman–Crippen LogP) is 3.65. The lowest BCUT2D eigenvalue weighted by molar-refractivity contribution is -0.379. The van der Waals surface area contributed by atoms with Crippen molar-refractivity contribution in [3.63, 3.8) is 0 Å². The maximum Gasteiger partial charge on any atom is 0.439 e. The molecule has 0 bridgehead atoms. The highest BCUT2D eigenvalue weighted by Crippen LogP contribution is 2.55. The fourth-order valence-corrected chi connectivity index (χ4v) is 0.696. The second kappa shape index (κ2) is 3.07. The molecule has 0 unspecified atom stereocenters. The van der Waals surface area contributed by atoms with Gasteiger partial charge in [0.2, 0.25) is 0 Å². The van der Waals surface area contributed by atoms with Crippen molar-refractivity contribution in [2.75, 3.05) is 0 Å². The highest BCUT2D eigenvalue weighted by molar-refractivity contribution is 6.22. The molecular weight excluding hydrogens is 254 g/mol. The molecule has 0 aliphatic carbocycles. The number of hydrogen-bond acceptors (Lipinski definition) is 0. The van der Waals surface area contributed by atoms with E-state index >= 15 is 0 Å². The smallest absolute Gasteiger partial charge is 0.215 e. The van der Waals surface area contributed by atoms with Crippen LogP contribution in [0.5, 0.6) is 0 Å². The fraction of sp³-hybridized carbons (Fsp3) is 1.00. The third kappa shape index (κ3) is 1.86. The Morgan fingerprint density at radius 1 is 0.571 bits per heavy atom. The summed E-state index contributed by atoms with van der Waals surface area (Å²) in [5.41, 5.74) is -6.76. The van der Waals surface area contributed by atoms with Gasteiger partial charge in [0.05, 0.1) is 0 Å². The second-order valence-electron chi connectivity index (χ2n) is 2.15. The van der Waals surface area contributed by atoms with Gasteiger partial charge in [-0.25, -0.2) is 4.39 Å². The van der Waals surface area contributed by atoms with Gasteiger partial charge in [-0.1, -0.05) is 0 Å². The number of rotatable bonds is 1. The Labute approximate surface area is 75.6 Å². The Hall–Kier alpha value is -0.340. The summed E-state index contributed by atoms with van der Waals surface area (Å²) >= 11 is 3.46. The first kappa shape index (κ1) is 13.7. The molecule has 0 saturated carbocycles. The first-order valence-corrected chi connectivity index (χ1v) is 3.02. The molecule has 0 aliphatic rings. The SMILES string of the molecule is FC(F)(F)C(F)(C(F)(F)F)C(F)(F)Cl. The highest BCUT2D eigenvalue weighted by Gasteiger charge is 2.84. The van der Waals surface area contributed by atoms with Crippen molar-refractivity contribution in [1.29, 1.82) is 0 Å². The van der Waals surface area contributed by atoms with Crippen LogP contribution in [0.4, 0.5) is 39.5 Å². The molecule has 0 saturated heterocycles. The summed E-state index contributed by atoms with van der Waals surface area (Å²) in [6.45, 7) is 0. The van der Waals surface area contributed by atoms with Gasteiger partial charge >= 0.3 is 23.4 Å². The van der Waals surface area contributed by atoms with Crippen molar-refractivity contribution >= 4 is 11.6 Å². The minimum atomic E-state index is -6.85. The van der Waals surface area contributed by atoms with Gasteiger partial charge in [-0.05, 0) is 11.6 Å². The van der Waals surface area contributed by atoms with Gasteiger partial charge < -0.3 is 0 Å². The third-order valence-electron chi connectivity index (χ3n) is 1.17. The van der Waals surface area contributed by atoms with Crippen LogP contribution in [0.15, 0.2) is 0 Å². The standard InChI is InChI=1S/C4ClF9/c5-2(7,8)1(6,3(9,10)11)4(12,13)14. The first-order valence-electron chi connectivity index (χ1n) is 2.64. The largest absolute Gasteiger partial charge is 0.439 e. The third-order valence-corrected chi connectivity index (χ3v) is 1.43. The highest BCUT2D eigenvalue weighted by atomic mass is 35.5. The molecule has 0 atom stereocenters. The van der Waals surface area contributed by atoms with E-state index in [0.29, 0.717) is 0 Å². The number of halogens is 10. The summed E-state index contributed by atoms with van der Waals surface area (Å²) in [7, 11) is 0. The van der Waals surface area contributed by atoms with E-state index in [1.165, 1.54) is 0 Å². The van der Waals surface area contributed by atoms with Crippen LogP contribution in [0.25, 0.3) is 0 Å². The van der Waals surface area contributed by atoms with E-state index in [4.69, 9.17) is 0 Å². The molecule has 0 radical (unpaired) electrons. The van der Waals surface area contributed by atoms with Crippen molar-refractivity contribution in [3.8, 4) is 0 Å². The first-order chi connectivity index (χ1) is 5.75. The monoisotopic (exact) mass is 254 g/mol. The summed E-state index contributed by atoms with van der Waals surface area (Å²) in [6, 6.07) is 0. The molecule has 0 aliphatic heterocycles. The molecule has 14 heavy (non-hydrogen) atoms. The van der Waals surface area contributed by atoms with E-state index < -0.39 is 23.4 Å². The number of alkyl halides is 10. The van der Waals surface area contributed by atoms with E-state index in [9.17, 15) is 39.5 Å². The lowest BCUT2D eigenvalue weighted by Gasteiger charge is -2.32. The average molecular weight is 254 g/mol. The molecule has 0 aromatic carbocycles. The van der Waals surface area contributed by atoms with Gasteiger partial charge in [0, 0.05) is 0 Å². The molecule has 0 amide bonds. The lowest BCUT2D eigenvalue weighted by atomic mass is 10.1. The van der Waals surface area contributed by atoms with Crippen LogP contribution in [0, 0.1) is 0 Å². The molecule has 0 fully saturated rings. The minimum absolute atomic E-state index is 3.46. The second-order valence-corrected chi connectivity index (χ2v) is 2.63. The molecule has 0 rings (SSSR count). The van der Waals surface area contributed by atoms with Gasteiger partial charge in [0.1, 0.15) is 0 Å². The van der Waals surface area contributed by atoms with E-state index in [0.717, 1.165) is 0 Å². The topological polar surface area (TPSA) is 0 Å². The Kier molecular flexibility index (Phi) is 3.00. The average Bonchev–Trinajstić information content (AvgIpc) is 1.77. The molecule has 10 heteroatoms. The van der Waals surface area contributed by atoms with E-state index in [2.05, 4.69) is 11.6 Å². The van der Waals surface area contributed by atoms with Gasteiger partial charge in [0.15, 0.2) is 0 Å². The normalized spacial score (nSPS) is 15.9. The van der Waals surface area contributed by atoms with Crippen LogP contribution < -0.4 is 0 Å². The molecule has 0 aromatic heterocycles. The summed E-state index contributed by atoms with van der Waals surface area (Å²) in [5.74, 6) is 0. The maximum atomic E-state index is 12.2.